The fourth-order valence-corrected chi connectivity index (χ4v) is 2.43. The highest BCUT2D eigenvalue weighted by molar-refractivity contribution is 6.01. The van der Waals surface area contributed by atoms with Gasteiger partial charge in [0.1, 0.15) is 0 Å². The van der Waals surface area contributed by atoms with E-state index in [0.717, 1.165) is 17.3 Å². The van der Waals surface area contributed by atoms with Gasteiger partial charge >= 0.3 is 5.97 Å². The van der Waals surface area contributed by atoms with Gasteiger partial charge in [-0.05, 0) is 23.3 Å². The molecule has 120 valence electrons. The summed E-state index contributed by atoms with van der Waals surface area (Å²) >= 11 is 0. The van der Waals surface area contributed by atoms with Crippen LogP contribution < -0.4 is 5.32 Å². The van der Waals surface area contributed by atoms with Crippen LogP contribution in [0.3, 0.4) is 0 Å². The number of aromatic nitrogens is 3. The molecule has 0 radical (unpaired) electrons. The standard InChI is InChI=1S/C17H14N4O3/c1-18-16(22)14-9-12(21-15(17(23)24)10-19-20-21)7-8-13(14)11-5-3-2-4-6-11/h2-10H,1H3,(H,18,22)(H,23,24). The fraction of sp³-hybridized carbons (Fsp3) is 0.0588. The van der Waals surface area contributed by atoms with Gasteiger partial charge in [0.25, 0.3) is 5.91 Å². The molecule has 1 aromatic heterocycles. The minimum absolute atomic E-state index is 0.0784. The van der Waals surface area contributed by atoms with Crippen LogP contribution in [-0.2, 0) is 0 Å². The van der Waals surface area contributed by atoms with Gasteiger partial charge in [-0.1, -0.05) is 41.6 Å². The number of carboxylic acid groups (broad SMARTS) is 1. The lowest BCUT2D eigenvalue weighted by Gasteiger charge is -2.11. The van der Waals surface area contributed by atoms with E-state index in [1.165, 1.54) is 4.68 Å². The Morgan fingerprint density at radius 1 is 1.12 bits per heavy atom. The quantitative estimate of drug-likeness (QED) is 0.765. The third-order valence-corrected chi connectivity index (χ3v) is 3.57. The van der Waals surface area contributed by atoms with Crippen LogP contribution in [0, 0.1) is 0 Å². The summed E-state index contributed by atoms with van der Waals surface area (Å²) in [5.41, 5.74) is 2.43. The molecular formula is C17H14N4O3. The molecule has 0 aliphatic carbocycles. The van der Waals surface area contributed by atoms with Gasteiger partial charge in [0.2, 0.25) is 0 Å². The fourth-order valence-electron chi connectivity index (χ4n) is 2.43. The van der Waals surface area contributed by atoms with Crippen LogP contribution >= 0.6 is 0 Å². The lowest BCUT2D eigenvalue weighted by atomic mass is 9.98. The van der Waals surface area contributed by atoms with Crippen molar-refractivity contribution in [1.29, 1.82) is 0 Å². The Hall–Kier alpha value is -3.48. The number of nitrogens with zero attached hydrogens (tertiary/aromatic N) is 3. The van der Waals surface area contributed by atoms with Crippen molar-refractivity contribution in [3.05, 3.63) is 66.0 Å². The second-order valence-electron chi connectivity index (χ2n) is 5.01. The number of hydrogen-bond donors (Lipinski definition) is 2. The summed E-state index contributed by atoms with van der Waals surface area (Å²) in [7, 11) is 1.54. The third kappa shape index (κ3) is 2.74. The number of carbonyl (C=O) groups is 2. The first-order valence-electron chi connectivity index (χ1n) is 7.17. The molecule has 7 heteroatoms. The first-order chi connectivity index (χ1) is 11.6. The molecule has 0 bridgehead atoms. The molecule has 24 heavy (non-hydrogen) atoms. The van der Waals surface area contributed by atoms with E-state index < -0.39 is 5.97 Å². The molecule has 0 spiro atoms. The van der Waals surface area contributed by atoms with E-state index >= 15 is 0 Å². The number of carbonyl (C=O) groups excluding carboxylic acids is 1. The molecule has 7 nitrogen and oxygen atoms in total. The summed E-state index contributed by atoms with van der Waals surface area (Å²) in [5.74, 6) is -1.42. The molecule has 0 saturated heterocycles. The maximum atomic E-state index is 12.3. The third-order valence-electron chi connectivity index (χ3n) is 3.57. The Bertz CT molecular complexity index is 903. The van der Waals surface area contributed by atoms with Gasteiger partial charge < -0.3 is 10.4 Å². The minimum atomic E-state index is -1.14. The number of amides is 1. The maximum absolute atomic E-state index is 12.3. The van der Waals surface area contributed by atoms with Gasteiger partial charge in [0.05, 0.1) is 11.9 Å². The Morgan fingerprint density at radius 3 is 2.54 bits per heavy atom. The number of benzene rings is 2. The normalized spacial score (nSPS) is 10.4. The summed E-state index contributed by atoms with van der Waals surface area (Å²) in [5, 5.41) is 19.2. The molecule has 0 aliphatic rings. The van der Waals surface area contributed by atoms with Crippen LogP contribution in [0.2, 0.25) is 0 Å². The van der Waals surface area contributed by atoms with Crippen LogP contribution in [0.25, 0.3) is 16.8 Å². The predicted molar refractivity (Wildman–Crippen MR) is 87.1 cm³/mol. The summed E-state index contributed by atoms with van der Waals surface area (Å²) in [4.78, 5) is 23.5. The van der Waals surface area contributed by atoms with E-state index in [4.69, 9.17) is 0 Å². The van der Waals surface area contributed by atoms with Crippen LogP contribution in [0.5, 0.6) is 0 Å². The second kappa shape index (κ2) is 6.33. The zero-order chi connectivity index (χ0) is 17.1. The average molecular weight is 322 g/mol. The van der Waals surface area contributed by atoms with Crippen molar-refractivity contribution in [3.8, 4) is 16.8 Å². The number of hydrogen-bond acceptors (Lipinski definition) is 4. The number of nitrogens with one attached hydrogen (secondary N) is 1. The van der Waals surface area contributed by atoms with E-state index in [0.29, 0.717) is 11.3 Å². The van der Waals surface area contributed by atoms with Crippen molar-refractivity contribution in [2.24, 2.45) is 0 Å². The van der Waals surface area contributed by atoms with Crippen LogP contribution in [0.15, 0.2) is 54.7 Å². The summed E-state index contributed by atoms with van der Waals surface area (Å²) in [6, 6.07) is 14.5. The Kier molecular flexibility index (Phi) is 4.07. The molecule has 0 unspecified atom stereocenters. The highest BCUT2D eigenvalue weighted by Crippen LogP contribution is 2.26. The molecule has 2 aromatic carbocycles. The number of rotatable bonds is 4. The zero-order valence-corrected chi connectivity index (χ0v) is 12.8. The van der Waals surface area contributed by atoms with Crippen molar-refractivity contribution in [2.45, 2.75) is 0 Å². The van der Waals surface area contributed by atoms with Crippen molar-refractivity contribution in [1.82, 2.24) is 20.3 Å². The van der Waals surface area contributed by atoms with Crippen molar-refractivity contribution >= 4 is 11.9 Å². The lowest BCUT2D eigenvalue weighted by molar-refractivity contribution is 0.0686. The van der Waals surface area contributed by atoms with Crippen molar-refractivity contribution in [2.75, 3.05) is 7.05 Å². The smallest absolute Gasteiger partial charge is 0.356 e. The predicted octanol–water partition coefficient (Wildman–Crippen LogP) is 1.99. The van der Waals surface area contributed by atoms with E-state index in [2.05, 4.69) is 15.6 Å². The Balaban J connectivity index is 2.17. The summed E-state index contributed by atoms with van der Waals surface area (Å²) in [6.07, 6.45) is 1.16. The van der Waals surface area contributed by atoms with E-state index in [1.807, 2.05) is 30.3 Å². The molecule has 1 amide bonds. The van der Waals surface area contributed by atoms with Gasteiger partial charge in [-0.15, -0.1) is 5.10 Å². The molecule has 0 atom stereocenters. The monoisotopic (exact) mass is 322 g/mol. The summed E-state index contributed by atoms with van der Waals surface area (Å²) < 4.78 is 1.18. The highest BCUT2D eigenvalue weighted by Gasteiger charge is 2.17. The summed E-state index contributed by atoms with van der Waals surface area (Å²) in [6.45, 7) is 0. The lowest BCUT2D eigenvalue weighted by Crippen LogP contribution is -2.19. The van der Waals surface area contributed by atoms with E-state index in [9.17, 15) is 14.7 Å². The number of carboxylic acids is 1. The highest BCUT2D eigenvalue weighted by atomic mass is 16.4. The average Bonchev–Trinajstić information content (AvgIpc) is 3.11. The zero-order valence-electron chi connectivity index (χ0n) is 12.8. The Labute approximate surface area is 137 Å². The molecule has 2 N–H and O–H groups in total. The maximum Gasteiger partial charge on any atom is 0.356 e. The van der Waals surface area contributed by atoms with Crippen LogP contribution in [0.1, 0.15) is 20.8 Å². The minimum Gasteiger partial charge on any atom is -0.476 e. The molecule has 0 aliphatic heterocycles. The van der Waals surface area contributed by atoms with Gasteiger partial charge in [-0.2, -0.15) is 0 Å². The molecule has 3 rings (SSSR count). The van der Waals surface area contributed by atoms with E-state index in [1.54, 1.807) is 25.2 Å². The molecule has 0 saturated carbocycles. The first kappa shape index (κ1) is 15.4. The van der Waals surface area contributed by atoms with Crippen LogP contribution in [0.4, 0.5) is 0 Å². The SMILES string of the molecule is CNC(=O)c1cc(-n2nncc2C(=O)O)ccc1-c1ccccc1. The van der Waals surface area contributed by atoms with Gasteiger partial charge in [0.15, 0.2) is 5.69 Å². The number of aromatic carboxylic acids is 1. The molecule has 3 aromatic rings. The van der Waals surface area contributed by atoms with Crippen molar-refractivity contribution < 1.29 is 14.7 Å². The topological polar surface area (TPSA) is 97.1 Å². The first-order valence-corrected chi connectivity index (χ1v) is 7.17. The molecule has 0 fully saturated rings. The Morgan fingerprint density at radius 2 is 1.88 bits per heavy atom. The van der Waals surface area contributed by atoms with Gasteiger partial charge in [-0.3, -0.25) is 4.79 Å². The van der Waals surface area contributed by atoms with Crippen LogP contribution in [-0.4, -0.2) is 39.0 Å². The van der Waals surface area contributed by atoms with Gasteiger partial charge in [0, 0.05) is 12.6 Å². The molecular weight excluding hydrogens is 308 g/mol. The second-order valence-corrected chi connectivity index (χ2v) is 5.01. The van der Waals surface area contributed by atoms with Gasteiger partial charge in [-0.25, -0.2) is 9.48 Å². The van der Waals surface area contributed by atoms with Crippen molar-refractivity contribution in [3.63, 3.8) is 0 Å². The van der Waals surface area contributed by atoms with E-state index in [-0.39, 0.29) is 11.6 Å². The largest absolute Gasteiger partial charge is 0.476 e. The molecule has 1 heterocycles.